The highest BCUT2D eigenvalue weighted by Crippen LogP contribution is 2.13. The molecule has 0 aliphatic carbocycles. The summed E-state index contributed by atoms with van der Waals surface area (Å²) < 4.78 is 5.54. The van der Waals surface area contributed by atoms with Crippen LogP contribution in [-0.2, 0) is 4.74 Å². The van der Waals surface area contributed by atoms with Gasteiger partial charge in [-0.1, -0.05) is 13.3 Å². The molecule has 0 aromatic rings. The number of guanidine groups is 1. The Balaban J connectivity index is 2.02. The van der Waals surface area contributed by atoms with Crippen molar-refractivity contribution < 1.29 is 4.74 Å². The SMILES string of the molecule is CCCCOCCCNC(=NC)NCC1CCCN1C. The third-order valence-corrected chi connectivity index (χ3v) is 3.80. The van der Waals surface area contributed by atoms with Gasteiger partial charge in [0.15, 0.2) is 5.96 Å². The monoisotopic (exact) mass is 284 g/mol. The summed E-state index contributed by atoms with van der Waals surface area (Å²) in [5.41, 5.74) is 0. The van der Waals surface area contributed by atoms with E-state index in [0.717, 1.165) is 45.1 Å². The van der Waals surface area contributed by atoms with E-state index in [2.05, 4.69) is 34.5 Å². The van der Waals surface area contributed by atoms with Crippen LogP contribution in [0.2, 0.25) is 0 Å². The molecule has 1 aliphatic rings. The van der Waals surface area contributed by atoms with Crippen LogP contribution in [0.1, 0.15) is 39.0 Å². The Hall–Kier alpha value is -0.810. The smallest absolute Gasteiger partial charge is 0.191 e. The standard InChI is InChI=1S/C15H32N4O/c1-4-5-11-20-12-7-9-17-15(16-2)18-13-14-8-6-10-19(14)3/h14H,4-13H2,1-3H3,(H2,16,17,18). The molecule has 1 aliphatic heterocycles. The van der Waals surface area contributed by atoms with E-state index in [9.17, 15) is 0 Å². The second kappa shape index (κ2) is 10.9. The number of aliphatic imine (C=N–C) groups is 1. The normalized spacial score (nSPS) is 20.4. The fourth-order valence-corrected chi connectivity index (χ4v) is 2.40. The van der Waals surface area contributed by atoms with Crippen LogP contribution >= 0.6 is 0 Å². The first-order valence-corrected chi connectivity index (χ1v) is 8.00. The van der Waals surface area contributed by atoms with E-state index in [4.69, 9.17) is 4.74 Å². The minimum Gasteiger partial charge on any atom is -0.381 e. The molecule has 0 saturated carbocycles. The summed E-state index contributed by atoms with van der Waals surface area (Å²) in [6.07, 6.45) is 5.97. The number of likely N-dealkylation sites (N-methyl/N-ethyl adjacent to an activating group) is 1. The van der Waals surface area contributed by atoms with E-state index < -0.39 is 0 Å². The van der Waals surface area contributed by atoms with Gasteiger partial charge in [-0.25, -0.2) is 0 Å². The van der Waals surface area contributed by atoms with Crippen molar-refractivity contribution in [2.45, 2.75) is 45.1 Å². The van der Waals surface area contributed by atoms with Crippen LogP contribution < -0.4 is 10.6 Å². The van der Waals surface area contributed by atoms with Crippen molar-refractivity contribution in [1.82, 2.24) is 15.5 Å². The molecule has 0 amide bonds. The van der Waals surface area contributed by atoms with Gasteiger partial charge in [-0.15, -0.1) is 0 Å². The van der Waals surface area contributed by atoms with Gasteiger partial charge in [-0.3, -0.25) is 4.99 Å². The summed E-state index contributed by atoms with van der Waals surface area (Å²) >= 11 is 0. The molecule has 1 atom stereocenters. The minimum absolute atomic E-state index is 0.644. The molecule has 5 heteroatoms. The first-order chi connectivity index (χ1) is 9.77. The van der Waals surface area contributed by atoms with Crippen molar-refractivity contribution >= 4 is 5.96 Å². The van der Waals surface area contributed by atoms with Crippen LogP contribution in [0, 0.1) is 0 Å². The summed E-state index contributed by atoms with van der Waals surface area (Å²) in [6, 6.07) is 0.644. The zero-order chi connectivity index (χ0) is 14.6. The number of ether oxygens (including phenoxy) is 1. The molecule has 0 bridgehead atoms. The molecule has 0 aromatic carbocycles. The molecule has 1 heterocycles. The van der Waals surface area contributed by atoms with Gasteiger partial charge in [-0.2, -0.15) is 0 Å². The maximum Gasteiger partial charge on any atom is 0.191 e. The number of unbranched alkanes of at least 4 members (excludes halogenated alkanes) is 1. The number of nitrogens with zero attached hydrogens (tertiary/aromatic N) is 2. The second-order valence-corrected chi connectivity index (χ2v) is 5.48. The van der Waals surface area contributed by atoms with Crippen LogP contribution in [0.25, 0.3) is 0 Å². The molecule has 1 fully saturated rings. The lowest BCUT2D eigenvalue weighted by Gasteiger charge is -2.21. The van der Waals surface area contributed by atoms with E-state index >= 15 is 0 Å². The van der Waals surface area contributed by atoms with E-state index in [-0.39, 0.29) is 0 Å². The lowest BCUT2D eigenvalue weighted by atomic mass is 10.2. The maximum absolute atomic E-state index is 5.54. The average Bonchev–Trinajstić information content (AvgIpc) is 2.86. The van der Waals surface area contributed by atoms with Crippen molar-refractivity contribution in [2.75, 3.05) is 46.9 Å². The summed E-state index contributed by atoms with van der Waals surface area (Å²) in [6.45, 7) is 7.00. The van der Waals surface area contributed by atoms with E-state index in [0.29, 0.717) is 6.04 Å². The van der Waals surface area contributed by atoms with Gasteiger partial charge in [-0.05, 0) is 39.3 Å². The Kier molecular flexibility index (Phi) is 9.41. The van der Waals surface area contributed by atoms with Crippen molar-refractivity contribution in [3.8, 4) is 0 Å². The molecule has 0 aromatic heterocycles. The first kappa shape index (κ1) is 17.2. The molecule has 0 spiro atoms. The van der Waals surface area contributed by atoms with E-state index in [1.54, 1.807) is 0 Å². The van der Waals surface area contributed by atoms with Gasteiger partial charge in [0, 0.05) is 39.4 Å². The van der Waals surface area contributed by atoms with Crippen LogP contribution in [-0.4, -0.2) is 63.8 Å². The fourth-order valence-electron chi connectivity index (χ4n) is 2.40. The lowest BCUT2D eigenvalue weighted by molar-refractivity contribution is 0.129. The number of nitrogens with one attached hydrogen (secondary N) is 2. The maximum atomic E-state index is 5.54. The highest BCUT2D eigenvalue weighted by atomic mass is 16.5. The van der Waals surface area contributed by atoms with Crippen molar-refractivity contribution in [3.05, 3.63) is 0 Å². The molecule has 1 unspecified atom stereocenters. The number of likely N-dealkylation sites (tertiary alicyclic amines) is 1. The highest BCUT2D eigenvalue weighted by molar-refractivity contribution is 5.79. The van der Waals surface area contributed by atoms with Gasteiger partial charge in [0.1, 0.15) is 0 Å². The van der Waals surface area contributed by atoms with E-state index in [1.807, 2.05) is 7.05 Å². The Labute approximate surface area is 124 Å². The average molecular weight is 284 g/mol. The largest absolute Gasteiger partial charge is 0.381 e. The Morgan fingerprint density at radius 1 is 1.30 bits per heavy atom. The Morgan fingerprint density at radius 3 is 2.75 bits per heavy atom. The summed E-state index contributed by atoms with van der Waals surface area (Å²) in [4.78, 5) is 6.67. The van der Waals surface area contributed by atoms with Crippen molar-refractivity contribution in [2.24, 2.45) is 4.99 Å². The number of hydrogen-bond donors (Lipinski definition) is 2. The van der Waals surface area contributed by atoms with Crippen LogP contribution in [0.5, 0.6) is 0 Å². The summed E-state index contributed by atoms with van der Waals surface area (Å²) in [7, 11) is 4.02. The zero-order valence-electron chi connectivity index (χ0n) is 13.5. The Bertz CT molecular complexity index is 271. The van der Waals surface area contributed by atoms with Gasteiger partial charge < -0.3 is 20.3 Å². The van der Waals surface area contributed by atoms with Gasteiger partial charge >= 0.3 is 0 Å². The first-order valence-electron chi connectivity index (χ1n) is 8.00. The summed E-state index contributed by atoms with van der Waals surface area (Å²) in [5.74, 6) is 0.902. The molecular formula is C15H32N4O. The minimum atomic E-state index is 0.644. The van der Waals surface area contributed by atoms with Crippen LogP contribution in [0.4, 0.5) is 0 Å². The molecule has 1 saturated heterocycles. The predicted molar refractivity (Wildman–Crippen MR) is 85.4 cm³/mol. The molecule has 20 heavy (non-hydrogen) atoms. The van der Waals surface area contributed by atoms with Crippen LogP contribution in [0.3, 0.4) is 0 Å². The molecule has 5 nitrogen and oxygen atoms in total. The molecule has 0 radical (unpaired) electrons. The summed E-state index contributed by atoms with van der Waals surface area (Å²) in [5, 5.41) is 6.75. The van der Waals surface area contributed by atoms with Gasteiger partial charge in [0.05, 0.1) is 0 Å². The third-order valence-electron chi connectivity index (χ3n) is 3.80. The zero-order valence-corrected chi connectivity index (χ0v) is 13.5. The van der Waals surface area contributed by atoms with Crippen molar-refractivity contribution in [1.29, 1.82) is 0 Å². The van der Waals surface area contributed by atoms with Gasteiger partial charge in [0.2, 0.25) is 0 Å². The molecule has 1 rings (SSSR count). The van der Waals surface area contributed by atoms with Crippen LogP contribution in [0.15, 0.2) is 4.99 Å². The second-order valence-electron chi connectivity index (χ2n) is 5.48. The molecule has 118 valence electrons. The van der Waals surface area contributed by atoms with E-state index in [1.165, 1.54) is 25.8 Å². The van der Waals surface area contributed by atoms with Gasteiger partial charge in [0.25, 0.3) is 0 Å². The topological polar surface area (TPSA) is 48.9 Å². The fraction of sp³-hybridized carbons (Fsp3) is 0.933. The lowest BCUT2D eigenvalue weighted by Crippen LogP contribution is -2.44. The highest BCUT2D eigenvalue weighted by Gasteiger charge is 2.20. The quantitative estimate of drug-likeness (QED) is 0.382. The third kappa shape index (κ3) is 7.10. The predicted octanol–water partition coefficient (Wildman–Crippen LogP) is 1.45. The number of hydrogen-bond acceptors (Lipinski definition) is 3. The molecule has 2 N–H and O–H groups in total. The number of rotatable bonds is 9. The molecular weight excluding hydrogens is 252 g/mol. The van der Waals surface area contributed by atoms with Crippen molar-refractivity contribution in [3.63, 3.8) is 0 Å². The Morgan fingerprint density at radius 2 is 2.10 bits per heavy atom.